The molecule has 2 heterocycles. The van der Waals surface area contributed by atoms with Gasteiger partial charge in [-0.2, -0.15) is 0 Å². The van der Waals surface area contributed by atoms with Gasteiger partial charge in [-0.1, -0.05) is 0 Å². The van der Waals surface area contributed by atoms with Gasteiger partial charge in [-0.3, -0.25) is 9.53 Å². The van der Waals surface area contributed by atoms with Gasteiger partial charge in [0.1, 0.15) is 17.7 Å². The highest BCUT2D eigenvalue weighted by Gasteiger charge is 2.54. The number of nitrogens with zero attached hydrogens (tertiary/aromatic N) is 2. The van der Waals surface area contributed by atoms with Crippen LogP contribution in [0.25, 0.3) is 0 Å². The molecule has 1 N–H and O–H groups in total. The van der Waals surface area contributed by atoms with Gasteiger partial charge in [0.15, 0.2) is 6.61 Å². The first kappa shape index (κ1) is 22.1. The maximum Gasteiger partial charge on any atom is 0.522 e. The Kier molecular flexibility index (Phi) is 5.73. The van der Waals surface area contributed by atoms with Crippen LogP contribution in [0, 0.1) is 17.7 Å². The Hall–Kier alpha value is -2.73. The van der Waals surface area contributed by atoms with Crippen molar-refractivity contribution in [1.82, 2.24) is 15.5 Å². The average Bonchev–Trinajstić information content (AvgIpc) is 3.40. The van der Waals surface area contributed by atoms with E-state index in [1.165, 1.54) is 24.3 Å². The second-order valence-corrected chi connectivity index (χ2v) is 8.57. The Labute approximate surface area is 185 Å². The van der Waals surface area contributed by atoms with E-state index in [2.05, 4.69) is 20.3 Å². The predicted molar refractivity (Wildman–Crippen MR) is 101 cm³/mol. The van der Waals surface area contributed by atoms with E-state index in [1.54, 1.807) is 0 Å². The summed E-state index contributed by atoms with van der Waals surface area (Å²) in [5, 5.41) is 10.9. The number of fused-ring (bicyclic) bond motifs is 1. The summed E-state index contributed by atoms with van der Waals surface area (Å²) in [6.07, 6.45) is -4.77. The lowest BCUT2D eigenvalue weighted by Crippen LogP contribution is -2.45. The molecular formula is C21H21F4N3O5. The van der Waals surface area contributed by atoms with Crippen LogP contribution in [0.3, 0.4) is 0 Å². The number of rotatable bonds is 7. The van der Waals surface area contributed by atoms with Crippen molar-refractivity contribution >= 4 is 5.91 Å². The number of carbonyl (C=O) groups is 1. The van der Waals surface area contributed by atoms with Crippen LogP contribution in [0.5, 0.6) is 5.75 Å². The van der Waals surface area contributed by atoms with Crippen LogP contribution >= 0.6 is 0 Å². The first-order valence-electron chi connectivity index (χ1n) is 10.6. The molecule has 4 atom stereocenters. The molecule has 2 unspecified atom stereocenters. The van der Waals surface area contributed by atoms with Crippen molar-refractivity contribution in [3.05, 3.63) is 41.9 Å². The van der Waals surface area contributed by atoms with E-state index < -0.39 is 18.6 Å². The summed E-state index contributed by atoms with van der Waals surface area (Å²) in [7, 11) is 0. The number of hydrogen-bond donors (Lipinski definition) is 1. The van der Waals surface area contributed by atoms with Crippen molar-refractivity contribution in [3.8, 4) is 5.75 Å². The van der Waals surface area contributed by atoms with Gasteiger partial charge in [-0.15, -0.1) is 23.4 Å². The largest absolute Gasteiger partial charge is 0.522 e. The number of carbonyl (C=O) groups excluding carboxylic acids is 1. The lowest BCUT2D eigenvalue weighted by Gasteiger charge is -2.33. The van der Waals surface area contributed by atoms with Crippen LogP contribution < -0.4 is 10.1 Å². The highest BCUT2D eigenvalue weighted by Crippen LogP contribution is 2.54. The van der Waals surface area contributed by atoms with Crippen LogP contribution in [0.1, 0.15) is 43.1 Å². The highest BCUT2D eigenvalue weighted by atomic mass is 19.4. The quantitative estimate of drug-likeness (QED) is 0.620. The number of aromatic nitrogens is 2. The van der Waals surface area contributed by atoms with Gasteiger partial charge in [0.25, 0.3) is 5.91 Å². The van der Waals surface area contributed by atoms with Gasteiger partial charge in [0.2, 0.25) is 11.8 Å². The number of alkyl halides is 3. The van der Waals surface area contributed by atoms with E-state index in [9.17, 15) is 22.4 Å². The van der Waals surface area contributed by atoms with E-state index in [1.807, 2.05) is 0 Å². The Morgan fingerprint density at radius 3 is 2.55 bits per heavy atom. The standard InChI is InChI=1S/C21H21F4N3O5/c22-11-1-3-12(4-2-11)30-9-17(29)26-16-8-31-18(15-7-14(15)16)20-28-27-19(32-20)10-5-13(6-10)33-21(23,24)25/h1-4,10,13-16,18H,5-9H2,(H,26,29)/t10?,13?,14?,15?,16-,18-/m1/s1. The molecule has 8 nitrogen and oxygen atoms in total. The lowest BCUT2D eigenvalue weighted by atomic mass is 9.82. The molecule has 1 aliphatic heterocycles. The zero-order chi connectivity index (χ0) is 23.2. The Morgan fingerprint density at radius 1 is 1.09 bits per heavy atom. The third-order valence-electron chi connectivity index (χ3n) is 6.23. The molecule has 12 heteroatoms. The van der Waals surface area contributed by atoms with Crippen LogP contribution in [-0.4, -0.2) is 47.8 Å². The second-order valence-electron chi connectivity index (χ2n) is 8.57. The normalized spacial score (nSPS) is 30.8. The maximum atomic E-state index is 12.9. The molecule has 0 spiro atoms. The van der Waals surface area contributed by atoms with E-state index in [0.29, 0.717) is 17.5 Å². The third-order valence-corrected chi connectivity index (χ3v) is 6.23. The molecule has 1 aromatic heterocycles. The number of hydrogen-bond acceptors (Lipinski definition) is 7. The zero-order valence-corrected chi connectivity index (χ0v) is 17.3. The minimum atomic E-state index is -4.65. The fourth-order valence-electron chi connectivity index (χ4n) is 4.41. The van der Waals surface area contributed by atoms with E-state index in [0.717, 1.165) is 6.42 Å². The van der Waals surface area contributed by atoms with Crippen molar-refractivity contribution in [1.29, 1.82) is 0 Å². The first-order chi connectivity index (χ1) is 15.7. The number of ether oxygens (including phenoxy) is 3. The molecule has 33 heavy (non-hydrogen) atoms. The number of halogens is 4. The zero-order valence-electron chi connectivity index (χ0n) is 17.3. The van der Waals surface area contributed by atoms with E-state index in [4.69, 9.17) is 13.9 Å². The minimum absolute atomic E-state index is 0.109. The monoisotopic (exact) mass is 471 g/mol. The number of amides is 1. The summed E-state index contributed by atoms with van der Waals surface area (Å²) in [5.74, 6) is 0.346. The molecule has 3 aliphatic rings. The number of nitrogens with one attached hydrogen (secondary N) is 1. The molecule has 0 radical (unpaired) electrons. The fourth-order valence-corrected chi connectivity index (χ4v) is 4.41. The summed E-state index contributed by atoms with van der Waals surface area (Å²) in [5.41, 5.74) is 0. The molecule has 1 aromatic carbocycles. The van der Waals surface area contributed by atoms with Crippen molar-refractivity contribution in [2.24, 2.45) is 11.8 Å². The maximum absolute atomic E-state index is 12.9. The molecule has 2 aromatic rings. The lowest BCUT2D eigenvalue weighted by molar-refractivity contribution is -0.352. The van der Waals surface area contributed by atoms with Crippen molar-refractivity contribution < 1.29 is 41.0 Å². The van der Waals surface area contributed by atoms with Crippen molar-refractivity contribution in [2.45, 2.75) is 49.8 Å². The van der Waals surface area contributed by atoms with Crippen LogP contribution in [0.4, 0.5) is 17.6 Å². The summed E-state index contributed by atoms with van der Waals surface area (Å²) >= 11 is 0. The second kappa shape index (κ2) is 8.56. The summed E-state index contributed by atoms with van der Waals surface area (Å²) in [4.78, 5) is 12.2. The van der Waals surface area contributed by atoms with Crippen molar-refractivity contribution in [2.75, 3.05) is 13.2 Å². The Balaban J connectivity index is 1.08. The van der Waals surface area contributed by atoms with Gasteiger partial charge >= 0.3 is 6.36 Å². The fraction of sp³-hybridized carbons (Fsp3) is 0.571. The SMILES string of the molecule is O=C(COc1ccc(F)cc1)N[C@@H]1CO[C@@H](c2nnc(C3CC(OC(F)(F)F)C3)o2)C2CC21. The van der Waals surface area contributed by atoms with Crippen LogP contribution in [0.15, 0.2) is 28.7 Å². The summed E-state index contributed by atoms with van der Waals surface area (Å²) < 4.78 is 70.6. The molecule has 0 bridgehead atoms. The van der Waals surface area contributed by atoms with Crippen LogP contribution in [-0.2, 0) is 14.3 Å². The van der Waals surface area contributed by atoms with Gasteiger partial charge in [-0.05, 0) is 55.4 Å². The number of benzene rings is 1. The predicted octanol–water partition coefficient (Wildman–Crippen LogP) is 3.26. The molecule has 3 fully saturated rings. The molecule has 1 saturated heterocycles. The average molecular weight is 471 g/mol. The van der Waals surface area contributed by atoms with E-state index in [-0.39, 0.29) is 61.6 Å². The molecule has 5 rings (SSSR count). The topological polar surface area (TPSA) is 95.7 Å². The van der Waals surface area contributed by atoms with Gasteiger partial charge in [-0.25, -0.2) is 4.39 Å². The molecular weight excluding hydrogens is 450 g/mol. The first-order valence-corrected chi connectivity index (χ1v) is 10.6. The van der Waals surface area contributed by atoms with Gasteiger partial charge < -0.3 is 19.2 Å². The van der Waals surface area contributed by atoms with Crippen molar-refractivity contribution in [3.63, 3.8) is 0 Å². The molecule has 2 aliphatic carbocycles. The van der Waals surface area contributed by atoms with Crippen LogP contribution in [0.2, 0.25) is 0 Å². The van der Waals surface area contributed by atoms with E-state index >= 15 is 0 Å². The molecule has 1 amide bonds. The summed E-state index contributed by atoms with van der Waals surface area (Å²) in [6.45, 7) is 0.0627. The molecule has 178 valence electrons. The van der Waals surface area contributed by atoms with Gasteiger partial charge in [0.05, 0.1) is 18.8 Å². The Morgan fingerprint density at radius 2 is 1.82 bits per heavy atom. The Bertz CT molecular complexity index is 993. The molecule has 2 saturated carbocycles. The van der Waals surface area contributed by atoms with Gasteiger partial charge in [0, 0.05) is 5.92 Å². The summed E-state index contributed by atoms with van der Waals surface area (Å²) in [6, 6.07) is 5.21. The minimum Gasteiger partial charge on any atom is -0.484 e. The third kappa shape index (κ3) is 5.11. The highest BCUT2D eigenvalue weighted by molar-refractivity contribution is 5.78. The smallest absolute Gasteiger partial charge is 0.484 e.